The van der Waals surface area contributed by atoms with Crippen molar-refractivity contribution in [3.8, 4) is 0 Å². The normalized spacial score (nSPS) is 20.7. The Morgan fingerprint density at radius 3 is 2.77 bits per heavy atom. The number of rotatable bonds is 3. The van der Waals surface area contributed by atoms with Crippen LogP contribution < -0.4 is 10.6 Å². The molecular formula is C20H32N6. The molecule has 0 radical (unpaired) electrons. The lowest BCUT2D eigenvalue weighted by atomic mass is 9.81. The quantitative estimate of drug-likeness (QED) is 0.886. The molecule has 0 saturated carbocycles. The van der Waals surface area contributed by atoms with Gasteiger partial charge in [0.2, 0.25) is 0 Å². The van der Waals surface area contributed by atoms with Crippen LogP contribution in [0.5, 0.6) is 0 Å². The minimum atomic E-state index is 0.0390. The first-order valence-corrected chi connectivity index (χ1v) is 9.79. The molecule has 4 rings (SSSR count). The van der Waals surface area contributed by atoms with E-state index in [1.165, 1.54) is 22.9 Å². The Kier molecular flexibility index (Phi) is 4.23. The second-order valence-corrected chi connectivity index (χ2v) is 9.51. The number of hydrogen-bond donors (Lipinski definition) is 2. The molecule has 2 aliphatic heterocycles. The first-order valence-electron chi connectivity index (χ1n) is 9.79. The lowest BCUT2D eigenvalue weighted by Crippen LogP contribution is -2.43. The van der Waals surface area contributed by atoms with E-state index in [1.54, 1.807) is 0 Å². The Morgan fingerprint density at radius 1 is 1.19 bits per heavy atom. The van der Waals surface area contributed by atoms with Crippen molar-refractivity contribution in [2.75, 3.05) is 6.54 Å². The zero-order chi connectivity index (χ0) is 18.5. The maximum Gasteiger partial charge on any atom is 0.114 e. The fourth-order valence-electron chi connectivity index (χ4n) is 4.52. The average molecular weight is 357 g/mol. The molecule has 2 aliphatic rings. The van der Waals surface area contributed by atoms with E-state index in [9.17, 15) is 0 Å². The summed E-state index contributed by atoms with van der Waals surface area (Å²) in [5.41, 5.74) is 4.08. The van der Waals surface area contributed by atoms with Gasteiger partial charge in [0, 0.05) is 54.8 Å². The molecule has 0 bridgehead atoms. The van der Waals surface area contributed by atoms with Crippen LogP contribution in [0.25, 0.3) is 0 Å². The summed E-state index contributed by atoms with van der Waals surface area (Å²) < 4.78 is 4.69. The number of imidazole rings is 2. The van der Waals surface area contributed by atoms with Crippen LogP contribution in [-0.4, -0.2) is 31.7 Å². The average Bonchev–Trinajstić information content (AvgIpc) is 3.18. The van der Waals surface area contributed by atoms with E-state index in [0.29, 0.717) is 6.04 Å². The van der Waals surface area contributed by atoms with Crippen molar-refractivity contribution >= 4 is 0 Å². The summed E-state index contributed by atoms with van der Waals surface area (Å²) in [6.07, 6.45) is 6.14. The molecule has 0 amide bonds. The van der Waals surface area contributed by atoms with Crippen LogP contribution >= 0.6 is 0 Å². The van der Waals surface area contributed by atoms with Gasteiger partial charge in [0.05, 0.1) is 24.4 Å². The maximum absolute atomic E-state index is 4.80. The van der Waals surface area contributed by atoms with E-state index in [0.717, 1.165) is 39.1 Å². The van der Waals surface area contributed by atoms with Crippen LogP contribution in [0.4, 0.5) is 0 Å². The SMILES string of the molecule is CC(C)(C)c1ncn2c1CC(CC(C)(C)c1ncc3n1CCNC3)NC2. The number of nitrogens with one attached hydrogen (secondary N) is 2. The van der Waals surface area contributed by atoms with Crippen LogP contribution in [0, 0.1) is 0 Å². The Hall–Kier alpha value is -1.66. The monoisotopic (exact) mass is 356 g/mol. The van der Waals surface area contributed by atoms with Crippen LogP contribution in [-0.2, 0) is 37.0 Å². The van der Waals surface area contributed by atoms with Gasteiger partial charge >= 0.3 is 0 Å². The predicted octanol–water partition coefficient (Wildman–Crippen LogP) is 2.32. The van der Waals surface area contributed by atoms with Gasteiger partial charge in [-0.25, -0.2) is 9.97 Å². The highest BCUT2D eigenvalue weighted by molar-refractivity contribution is 5.24. The lowest BCUT2D eigenvalue weighted by Gasteiger charge is -2.34. The van der Waals surface area contributed by atoms with Crippen LogP contribution in [0.1, 0.15) is 63.9 Å². The lowest BCUT2D eigenvalue weighted by molar-refractivity contribution is 0.299. The summed E-state index contributed by atoms with van der Waals surface area (Å²) in [6, 6.07) is 0.449. The summed E-state index contributed by atoms with van der Waals surface area (Å²) in [7, 11) is 0. The maximum atomic E-state index is 4.80. The first-order chi connectivity index (χ1) is 12.3. The minimum Gasteiger partial charge on any atom is -0.329 e. The van der Waals surface area contributed by atoms with Gasteiger partial charge in [0.25, 0.3) is 0 Å². The van der Waals surface area contributed by atoms with Gasteiger partial charge in [-0.1, -0.05) is 34.6 Å². The van der Waals surface area contributed by atoms with Crippen molar-refractivity contribution < 1.29 is 0 Å². The summed E-state index contributed by atoms with van der Waals surface area (Å²) in [6.45, 7) is 15.3. The Balaban J connectivity index is 1.55. The molecule has 6 nitrogen and oxygen atoms in total. The van der Waals surface area contributed by atoms with Crippen LogP contribution in [0.2, 0.25) is 0 Å². The number of fused-ring (bicyclic) bond motifs is 2. The molecule has 26 heavy (non-hydrogen) atoms. The molecule has 0 aliphatic carbocycles. The zero-order valence-corrected chi connectivity index (χ0v) is 16.8. The van der Waals surface area contributed by atoms with Crippen molar-refractivity contribution in [1.29, 1.82) is 0 Å². The molecule has 2 N–H and O–H groups in total. The molecule has 1 unspecified atom stereocenters. The van der Waals surface area contributed by atoms with Gasteiger partial charge in [-0.2, -0.15) is 0 Å². The largest absolute Gasteiger partial charge is 0.329 e. The Bertz CT molecular complexity index is 792. The molecule has 6 heteroatoms. The summed E-state index contributed by atoms with van der Waals surface area (Å²) in [4.78, 5) is 9.51. The third kappa shape index (κ3) is 3.09. The van der Waals surface area contributed by atoms with Crippen molar-refractivity contribution in [3.63, 3.8) is 0 Å². The van der Waals surface area contributed by atoms with Crippen molar-refractivity contribution in [1.82, 2.24) is 29.7 Å². The van der Waals surface area contributed by atoms with E-state index >= 15 is 0 Å². The molecule has 4 heterocycles. The third-order valence-corrected chi connectivity index (χ3v) is 5.77. The van der Waals surface area contributed by atoms with E-state index in [4.69, 9.17) is 9.97 Å². The van der Waals surface area contributed by atoms with Gasteiger partial charge in [-0.05, 0) is 6.42 Å². The molecule has 2 aromatic heterocycles. The van der Waals surface area contributed by atoms with E-state index in [-0.39, 0.29) is 10.8 Å². The predicted molar refractivity (Wildman–Crippen MR) is 103 cm³/mol. The summed E-state index contributed by atoms with van der Waals surface area (Å²) in [5, 5.41) is 7.14. The van der Waals surface area contributed by atoms with E-state index in [1.807, 2.05) is 12.5 Å². The van der Waals surface area contributed by atoms with Gasteiger partial charge in [0.15, 0.2) is 0 Å². The van der Waals surface area contributed by atoms with Gasteiger partial charge in [-0.15, -0.1) is 0 Å². The van der Waals surface area contributed by atoms with Crippen molar-refractivity contribution in [2.45, 2.75) is 84.1 Å². The summed E-state index contributed by atoms with van der Waals surface area (Å²) >= 11 is 0. The second kappa shape index (κ2) is 6.20. The minimum absolute atomic E-state index is 0.0390. The smallest absolute Gasteiger partial charge is 0.114 e. The van der Waals surface area contributed by atoms with E-state index < -0.39 is 0 Å². The second-order valence-electron chi connectivity index (χ2n) is 9.51. The summed E-state index contributed by atoms with van der Waals surface area (Å²) in [5.74, 6) is 1.23. The third-order valence-electron chi connectivity index (χ3n) is 5.77. The molecule has 0 fully saturated rings. The molecule has 0 aromatic carbocycles. The molecule has 0 spiro atoms. The topological polar surface area (TPSA) is 59.7 Å². The molecule has 142 valence electrons. The fraction of sp³-hybridized carbons (Fsp3) is 0.700. The standard InChI is InChI=1S/C20H32N6/c1-19(2,3)17-16-8-14(23-12-25(16)13-24-17)9-20(4,5)18-22-11-15-10-21-6-7-26(15)18/h11,13-14,21,23H,6-10,12H2,1-5H3. The highest BCUT2D eigenvalue weighted by Crippen LogP contribution is 2.33. The highest BCUT2D eigenvalue weighted by atomic mass is 15.2. The molecule has 1 atom stereocenters. The Morgan fingerprint density at radius 2 is 2.00 bits per heavy atom. The number of aromatic nitrogens is 4. The first kappa shape index (κ1) is 17.7. The molecular weight excluding hydrogens is 324 g/mol. The molecule has 0 saturated heterocycles. The number of nitrogens with zero attached hydrogens (tertiary/aromatic N) is 4. The van der Waals surface area contributed by atoms with Crippen LogP contribution in [0.3, 0.4) is 0 Å². The fourth-order valence-corrected chi connectivity index (χ4v) is 4.52. The van der Waals surface area contributed by atoms with Gasteiger partial charge < -0.3 is 14.5 Å². The van der Waals surface area contributed by atoms with Gasteiger partial charge in [0.1, 0.15) is 5.82 Å². The van der Waals surface area contributed by atoms with Crippen LogP contribution in [0.15, 0.2) is 12.5 Å². The Labute approximate surface area is 156 Å². The van der Waals surface area contributed by atoms with E-state index in [2.05, 4.69) is 54.4 Å². The zero-order valence-electron chi connectivity index (χ0n) is 16.8. The van der Waals surface area contributed by atoms with Crippen molar-refractivity contribution in [3.05, 3.63) is 35.4 Å². The molecule has 2 aromatic rings. The number of hydrogen-bond acceptors (Lipinski definition) is 4. The van der Waals surface area contributed by atoms with Crippen molar-refractivity contribution in [2.24, 2.45) is 0 Å². The highest BCUT2D eigenvalue weighted by Gasteiger charge is 2.34. The van der Waals surface area contributed by atoms with Gasteiger partial charge in [-0.3, -0.25) is 5.32 Å².